The zero-order valence-corrected chi connectivity index (χ0v) is 13.6. The number of nitriles is 1. The van der Waals surface area contributed by atoms with E-state index in [0.29, 0.717) is 24.2 Å². The number of carbonyl (C=O) groups excluding carboxylic acids is 2. The van der Waals surface area contributed by atoms with Crippen LogP contribution in [0, 0.1) is 11.3 Å². The average Bonchev–Trinajstić information content (AvgIpc) is 2.56. The Bertz CT molecular complexity index is 610. The third-order valence-electron chi connectivity index (χ3n) is 4.23. The predicted octanol–water partition coefficient (Wildman–Crippen LogP) is 3.00. The summed E-state index contributed by atoms with van der Waals surface area (Å²) in [5.41, 5.74) is -0.161. The maximum absolute atomic E-state index is 12.3. The number of hydrogen-bond donors (Lipinski definition) is 1. The van der Waals surface area contributed by atoms with E-state index in [9.17, 15) is 14.9 Å². The van der Waals surface area contributed by atoms with Crippen LogP contribution in [0.2, 0.25) is 0 Å². The van der Waals surface area contributed by atoms with E-state index in [2.05, 4.69) is 11.4 Å². The minimum Gasteiger partial charge on any atom is -0.481 e. The molecule has 1 fully saturated rings. The Balaban J connectivity index is 1.96. The second kappa shape index (κ2) is 7.28. The smallest absolute Gasteiger partial charge is 0.262 e. The Kier molecular flexibility index (Phi) is 5.38. The topological polar surface area (TPSA) is 79.2 Å². The van der Waals surface area contributed by atoms with E-state index in [1.54, 1.807) is 31.2 Å². The number of Topliss-reactive ketones (excluding diaryl/α,β-unsaturated/α-hetero) is 1. The van der Waals surface area contributed by atoms with Crippen molar-refractivity contribution < 1.29 is 14.3 Å². The summed E-state index contributed by atoms with van der Waals surface area (Å²) in [6.45, 7) is 3.15. The summed E-state index contributed by atoms with van der Waals surface area (Å²) in [5.74, 6) is 0.215. The predicted molar refractivity (Wildman–Crippen MR) is 86.1 cm³/mol. The molecule has 0 spiro atoms. The molecule has 0 radical (unpaired) electrons. The molecule has 1 aromatic carbocycles. The van der Waals surface area contributed by atoms with Gasteiger partial charge >= 0.3 is 0 Å². The second-order valence-corrected chi connectivity index (χ2v) is 6.08. The van der Waals surface area contributed by atoms with Gasteiger partial charge in [-0.05, 0) is 51.0 Å². The largest absolute Gasteiger partial charge is 0.481 e. The van der Waals surface area contributed by atoms with Crippen LogP contribution < -0.4 is 10.1 Å². The first-order valence-electron chi connectivity index (χ1n) is 7.97. The van der Waals surface area contributed by atoms with E-state index in [1.165, 1.54) is 6.92 Å². The lowest BCUT2D eigenvalue weighted by Gasteiger charge is -2.32. The van der Waals surface area contributed by atoms with E-state index < -0.39 is 11.6 Å². The van der Waals surface area contributed by atoms with Crippen molar-refractivity contribution in [2.45, 2.75) is 57.6 Å². The van der Waals surface area contributed by atoms with Crippen molar-refractivity contribution in [2.75, 3.05) is 0 Å². The normalized spacial score (nSPS) is 17.6. The van der Waals surface area contributed by atoms with E-state index >= 15 is 0 Å². The molecular weight excluding hydrogens is 292 g/mol. The molecule has 0 saturated heterocycles. The Morgan fingerprint density at radius 2 is 1.83 bits per heavy atom. The third-order valence-corrected chi connectivity index (χ3v) is 4.23. The molecule has 23 heavy (non-hydrogen) atoms. The molecule has 1 aromatic rings. The fourth-order valence-corrected chi connectivity index (χ4v) is 2.78. The lowest BCUT2D eigenvalue weighted by Crippen LogP contribution is -2.52. The second-order valence-electron chi connectivity index (χ2n) is 6.08. The standard InChI is InChI=1S/C18H22N2O3/c1-13(21)15-6-8-16(9-7-15)23-14(2)17(22)20-18(12-19)10-4-3-5-11-18/h6-9,14H,3-5,10-11H2,1-2H3,(H,20,22)/t14-/m1/s1. The van der Waals surface area contributed by atoms with Gasteiger partial charge in [0.25, 0.3) is 5.91 Å². The number of ketones is 1. The summed E-state index contributed by atoms with van der Waals surface area (Å²) in [4.78, 5) is 23.6. The van der Waals surface area contributed by atoms with Crippen molar-refractivity contribution in [1.29, 1.82) is 5.26 Å². The number of nitrogens with zero attached hydrogens (tertiary/aromatic N) is 1. The van der Waals surface area contributed by atoms with Gasteiger partial charge in [-0.1, -0.05) is 19.3 Å². The van der Waals surface area contributed by atoms with Crippen LogP contribution in [0.4, 0.5) is 0 Å². The van der Waals surface area contributed by atoms with E-state index in [-0.39, 0.29) is 11.7 Å². The minimum atomic E-state index is -0.758. The molecule has 122 valence electrons. The van der Waals surface area contributed by atoms with E-state index in [1.807, 2.05) is 0 Å². The fourth-order valence-electron chi connectivity index (χ4n) is 2.78. The SMILES string of the molecule is CC(=O)c1ccc(O[C@H](C)C(=O)NC2(C#N)CCCCC2)cc1. The molecule has 0 bridgehead atoms. The van der Waals surface area contributed by atoms with Gasteiger partial charge in [0.05, 0.1) is 6.07 Å². The summed E-state index contributed by atoms with van der Waals surface area (Å²) in [5, 5.41) is 12.3. The Morgan fingerprint density at radius 1 is 1.22 bits per heavy atom. The first-order valence-corrected chi connectivity index (χ1v) is 7.97. The van der Waals surface area contributed by atoms with Crippen LogP contribution in [-0.4, -0.2) is 23.3 Å². The number of hydrogen-bond acceptors (Lipinski definition) is 4. The van der Waals surface area contributed by atoms with Crippen LogP contribution in [0.1, 0.15) is 56.3 Å². The Morgan fingerprint density at radius 3 is 2.35 bits per heavy atom. The number of amides is 1. The first kappa shape index (κ1) is 17.0. The summed E-state index contributed by atoms with van der Waals surface area (Å²) >= 11 is 0. The van der Waals surface area contributed by atoms with Gasteiger partial charge in [0.2, 0.25) is 0 Å². The van der Waals surface area contributed by atoms with Gasteiger partial charge < -0.3 is 10.1 Å². The highest BCUT2D eigenvalue weighted by molar-refractivity contribution is 5.94. The highest BCUT2D eigenvalue weighted by Crippen LogP contribution is 2.27. The molecule has 1 amide bonds. The van der Waals surface area contributed by atoms with Gasteiger partial charge in [-0.2, -0.15) is 5.26 Å². The first-order chi connectivity index (χ1) is 11.0. The average molecular weight is 314 g/mol. The lowest BCUT2D eigenvalue weighted by atomic mass is 9.83. The molecule has 0 aromatic heterocycles. The number of carbonyl (C=O) groups is 2. The van der Waals surface area contributed by atoms with Crippen LogP contribution in [0.25, 0.3) is 0 Å². The van der Waals surface area contributed by atoms with Crippen molar-refractivity contribution in [1.82, 2.24) is 5.32 Å². The van der Waals surface area contributed by atoms with Crippen molar-refractivity contribution in [2.24, 2.45) is 0 Å². The van der Waals surface area contributed by atoms with E-state index in [4.69, 9.17) is 4.74 Å². The molecule has 1 aliphatic carbocycles. The summed E-state index contributed by atoms with van der Waals surface area (Å²) in [6.07, 6.45) is 3.69. The molecule has 1 aliphatic rings. The van der Waals surface area contributed by atoms with Gasteiger partial charge in [0.1, 0.15) is 11.3 Å². The molecule has 2 rings (SSSR count). The van der Waals surface area contributed by atoms with Crippen LogP contribution in [0.15, 0.2) is 24.3 Å². The zero-order chi connectivity index (χ0) is 16.9. The molecular formula is C18H22N2O3. The van der Waals surface area contributed by atoms with Crippen molar-refractivity contribution in [3.63, 3.8) is 0 Å². The molecule has 1 atom stereocenters. The van der Waals surface area contributed by atoms with Crippen molar-refractivity contribution in [3.8, 4) is 11.8 Å². The highest BCUT2D eigenvalue weighted by Gasteiger charge is 2.35. The molecule has 5 heteroatoms. The monoisotopic (exact) mass is 314 g/mol. The van der Waals surface area contributed by atoms with Crippen LogP contribution in [0.3, 0.4) is 0 Å². The van der Waals surface area contributed by atoms with Crippen LogP contribution in [0.5, 0.6) is 5.75 Å². The zero-order valence-electron chi connectivity index (χ0n) is 13.6. The fraction of sp³-hybridized carbons (Fsp3) is 0.500. The van der Waals surface area contributed by atoms with Crippen molar-refractivity contribution in [3.05, 3.63) is 29.8 Å². The number of benzene rings is 1. The third kappa shape index (κ3) is 4.32. The molecule has 0 aliphatic heterocycles. The van der Waals surface area contributed by atoms with E-state index in [0.717, 1.165) is 19.3 Å². The summed E-state index contributed by atoms with van der Waals surface area (Å²) in [7, 11) is 0. The van der Waals surface area contributed by atoms with Gasteiger partial charge in [-0.15, -0.1) is 0 Å². The minimum absolute atomic E-state index is 0.0180. The molecule has 1 saturated carbocycles. The molecule has 0 heterocycles. The van der Waals surface area contributed by atoms with Gasteiger partial charge in [0.15, 0.2) is 11.9 Å². The number of nitrogens with one attached hydrogen (secondary N) is 1. The highest BCUT2D eigenvalue weighted by atomic mass is 16.5. The molecule has 5 nitrogen and oxygen atoms in total. The van der Waals surface area contributed by atoms with Crippen LogP contribution in [-0.2, 0) is 4.79 Å². The summed E-state index contributed by atoms with van der Waals surface area (Å²) < 4.78 is 5.61. The van der Waals surface area contributed by atoms with Gasteiger partial charge in [0, 0.05) is 5.56 Å². The maximum atomic E-state index is 12.3. The van der Waals surface area contributed by atoms with Gasteiger partial charge in [-0.3, -0.25) is 9.59 Å². The molecule has 1 N–H and O–H groups in total. The maximum Gasteiger partial charge on any atom is 0.262 e. The number of ether oxygens (including phenoxy) is 1. The lowest BCUT2D eigenvalue weighted by molar-refractivity contribution is -0.129. The van der Waals surface area contributed by atoms with Gasteiger partial charge in [-0.25, -0.2) is 0 Å². The Hall–Kier alpha value is -2.35. The molecule has 0 unspecified atom stereocenters. The summed E-state index contributed by atoms with van der Waals surface area (Å²) in [6, 6.07) is 8.93. The van der Waals surface area contributed by atoms with Crippen molar-refractivity contribution >= 4 is 11.7 Å². The number of rotatable bonds is 5. The Labute approximate surface area is 136 Å². The quantitative estimate of drug-likeness (QED) is 0.847. The van der Waals surface area contributed by atoms with Crippen LogP contribution >= 0.6 is 0 Å².